The number of carbonyl (C=O) groups is 2. The molecular formula is C20H21BrN2O4S2. The van der Waals surface area contributed by atoms with E-state index in [1.54, 1.807) is 12.1 Å². The van der Waals surface area contributed by atoms with Gasteiger partial charge in [0.1, 0.15) is 0 Å². The zero-order valence-electron chi connectivity index (χ0n) is 16.0. The van der Waals surface area contributed by atoms with Gasteiger partial charge in [-0.2, -0.15) is 0 Å². The molecule has 0 radical (unpaired) electrons. The maximum absolute atomic E-state index is 12.7. The van der Waals surface area contributed by atoms with Gasteiger partial charge in [-0.3, -0.25) is 9.59 Å². The molecule has 0 unspecified atom stereocenters. The van der Waals surface area contributed by atoms with Crippen molar-refractivity contribution in [2.45, 2.75) is 41.7 Å². The van der Waals surface area contributed by atoms with Crippen molar-refractivity contribution in [3.05, 3.63) is 46.4 Å². The fraction of sp³-hybridized carbons (Fsp3) is 0.300. The van der Waals surface area contributed by atoms with Gasteiger partial charge in [0, 0.05) is 33.1 Å². The molecule has 0 saturated carbocycles. The largest absolute Gasteiger partial charge is 0.326 e. The van der Waals surface area contributed by atoms with Gasteiger partial charge in [-0.15, -0.1) is 11.8 Å². The average molecular weight is 497 g/mol. The SMILES string of the molecule is Cc1cc(NC(=O)CCS(=O)(=O)c2ccc3c(c2)NC(=O)C[C@@H](C)S3)ccc1Br. The molecule has 0 aliphatic carbocycles. The first-order valence-corrected chi connectivity index (χ1v) is 12.4. The van der Waals surface area contributed by atoms with Gasteiger partial charge in [0.2, 0.25) is 11.8 Å². The Bertz CT molecular complexity index is 1070. The second-order valence-electron chi connectivity index (χ2n) is 6.92. The van der Waals surface area contributed by atoms with Gasteiger partial charge < -0.3 is 10.6 Å². The van der Waals surface area contributed by atoms with Crippen LogP contribution in [0.4, 0.5) is 11.4 Å². The van der Waals surface area contributed by atoms with Crippen molar-refractivity contribution in [2.75, 3.05) is 16.4 Å². The van der Waals surface area contributed by atoms with Crippen molar-refractivity contribution in [2.24, 2.45) is 0 Å². The minimum absolute atomic E-state index is 0.0963. The quantitative estimate of drug-likeness (QED) is 0.640. The molecular weight excluding hydrogens is 476 g/mol. The van der Waals surface area contributed by atoms with Crippen molar-refractivity contribution >= 4 is 60.7 Å². The van der Waals surface area contributed by atoms with Crippen LogP contribution in [-0.2, 0) is 19.4 Å². The van der Waals surface area contributed by atoms with Crippen LogP contribution in [0.2, 0.25) is 0 Å². The number of benzene rings is 2. The molecule has 0 saturated heterocycles. The van der Waals surface area contributed by atoms with Gasteiger partial charge in [0.15, 0.2) is 9.84 Å². The lowest BCUT2D eigenvalue weighted by Gasteiger charge is -2.11. The molecule has 0 spiro atoms. The summed E-state index contributed by atoms with van der Waals surface area (Å²) in [6.07, 6.45) is 0.212. The number of sulfone groups is 1. The maximum atomic E-state index is 12.7. The Balaban J connectivity index is 1.68. The van der Waals surface area contributed by atoms with Crippen molar-refractivity contribution in [3.63, 3.8) is 0 Å². The number of carbonyl (C=O) groups excluding carboxylic acids is 2. The number of anilines is 2. The van der Waals surface area contributed by atoms with Gasteiger partial charge in [-0.05, 0) is 48.9 Å². The zero-order chi connectivity index (χ0) is 21.2. The number of aryl methyl sites for hydroxylation is 1. The highest BCUT2D eigenvalue weighted by Gasteiger charge is 2.23. The molecule has 1 atom stereocenters. The maximum Gasteiger partial charge on any atom is 0.225 e. The van der Waals surface area contributed by atoms with Crippen LogP contribution in [0, 0.1) is 6.92 Å². The number of hydrogen-bond donors (Lipinski definition) is 2. The molecule has 0 bridgehead atoms. The third kappa shape index (κ3) is 5.61. The van der Waals surface area contributed by atoms with Crippen molar-refractivity contribution in [1.29, 1.82) is 0 Å². The Hall–Kier alpha value is -1.84. The Morgan fingerprint density at radius 3 is 2.76 bits per heavy atom. The lowest BCUT2D eigenvalue weighted by atomic mass is 10.2. The molecule has 1 aliphatic rings. The highest BCUT2D eigenvalue weighted by Crippen LogP contribution is 2.36. The first-order valence-electron chi connectivity index (χ1n) is 9.03. The highest BCUT2D eigenvalue weighted by atomic mass is 79.9. The van der Waals surface area contributed by atoms with Crippen molar-refractivity contribution in [1.82, 2.24) is 0 Å². The van der Waals surface area contributed by atoms with Crippen LogP contribution in [-0.4, -0.2) is 31.2 Å². The zero-order valence-corrected chi connectivity index (χ0v) is 19.2. The van der Waals surface area contributed by atoms with Crippen LogP contribution in [0.5, 0.6) is 0 Å². The summed E-state index contributed by atoms with van der Waals surface area (Å²) < 4.78 is 26.3. The monoisotopic (exact) mass is 496 g/mol. The fourth-order valence-electron chi connectivity index (χ4n) is 2.91. The molecule has 3 rings (SSSR count). The summed E-state index contributed by atoms with van der Waals surface area (Å²) >= 11 is 4.93. The summed E-state index contributed by atoms with van der Waals surface area (Å²) in [5, 5.41) is 5.60. The van der Waals surface area contributed by atoms with Crippen LogP contribution in [0.15, 0.2) is 50.7 Å². The van der Waals surface area contributed by atoms with Gasteiger partial charge in [0.05, 0.1) is 16.3 Å². The lowest BCUT2D eigenvalue weighted by molar-refractivity contribution is -0.116. The molecule has 2 aromatic rings. The van der Waals surface area contributed by atoms with E-state index < -0.39 is 9.84 Å². The van der Waals surface area contributed by atoms with Crippen LogP contribution >= 0.6 is 27.7 Å². The minimum atomic E-state index is -3.67. The van der Waals surface area contributed by atoms with E-state index in [4.69, 9.17) is 0 Å². The summed E-state index contributed by atoms with van der Waals surface area (Å²) in [6.45, 7) is 3.86. The first-order chi connectivity index (χ1) is 13.6. The topological polar surface area (TPSA) is 92.3 Å². The normalized spacial score (nSPS) is 16.5. The molecule has 0 fully saturated rings. The minimum Gasteiger partial charge on any atom is -0.326 e. The Morgan fingerprint density at radius 2 is 2.03 bits per heavy atom. The van der Waals surface area contributed by atoms with E-state index in [0.29, 0.717) is 17.8 Å². The van der Waals surface area contributed by atoms with E-state index in [1.807, 2.05) is 26.0 Å². The summed E-state index contributed by atoms with van der Waals surface area (Å²) in [6, 6.07) is 10.1. The van der Waals surface area contributed by atoms with Gasteiger partial charge in [-0.1, -0.05) is 22.9 Å². The van der Waals surface area contributed by atoms with Crippen LogP contribution in [0.3, 0.4) is 0 Å². The number of hydrogen-bond acceptors (Lipinski definition) is 5. The molecule has 2 N–H and O–H groups in total. The van der Waals surface area contributed by atoms with Crippen LogP contribution < -0.4 is 10.6 Å². The van der Waals surface area contributed by atoms with Crippen LogP contribution in [0.1, 0.15) is 25.3 Å². The number of thioether (sulfide) groups is 1. The number of fused-ring (bicyclic) bond motifs is 1. The Morgan fingerprint density at radius 1 is 1.28 bits per heavy atom. The Kier molecular flexibility index (Phi) is 6.70. The van der Waals surface area contributed by atoms with E-state index >= 15 is 0 Å². The van der Waals surface area contributed by atoms with E-state index in [2.05, 4.69) is 26.6 Å². The van der Waals surface area contributed by atoms with E-state index in [1.165, 1.54) is 23.9 Å². The van der Waals surface area contributed by atoms with E-state index in [0.717, 1.165) is 14.9 Å². The number of rotatable bonds is 5. The third-order valence-corrected chi connectivity index (χ3v) is 8.21. The summed E-state index contributed by atoms with van der Waals surface area (Å²) in [5.74, 6) is -0.824. The van der Waals surface area contributed by atoms with E-state index in [-0.39, 0.29) is 34.1 Å². The van der Waals surface area contributed by atoms with Crippen molar-refractivity contribution in [3.8, 4) is 0 Å². The predicted molar refractivity (Wildman–Crippen MR) is 119 cm³/mol. The molecule has 9 heteroatoms. The van der Waals surface area contributed by atoms with Gasteiger partial charge in [-0.25, -0.2) is 8.42 Å². The fourth-order valence-corrected chi connectivity index (χ4v) is 5.48. The summed E-state index contributed by atoms with van der Waals surface area (Å²) in [4.78, 5) is 25.1. The second-order valence-corrected chi connectivity index (χ2v) is 11.4. The summed E-state index contributed by atoms with van der Waals surface area (Å²) in [7, 11) is -3.67. The standard InChI is InChI=1S/C20H21BrN2O4S2/c1-12-9-14(3-5-16(12)21)22-19(24)7-8-29(26,27)15-4-6-18-17(11-15)23-20(25)10-13(2)28-18/h3-6,9,11,13H,7-8,10H2,1-2H3,(H,22,24)(H,23,25)/t13-/m1/s1. The second kappa shape index (κ2) is 8.89. The number of nitrogens with one attached hydrogen (secondary N) is 2. The molecule has 29 heavy (non-hydrogen) atoms. The molecule has 0 aromatic heterocycles. The van der Waals surface area contributed by atoms with Gasteiger partial charge >= 0.3 is 0 Å². The first kappa shape index (κ1) is 21.9. The number of amides is 2. The smallest absolute Gasteiger partial charge is 0.225 e. The molecule has 154 valence electrons. The molecule has 1 aliphatic heterocycles. The number of halogens is 1. The van der Waals surface area contributed by atoms with Crippen LogP contribution in [0.25, 0.3) is 0 Å². The molecule has 6 nitrogen and oxygen atoms in total. The summed E-state index contributed by atoms with van der Waals surface area (Å²) in [5.41, 5.74) is 2.09. The third-order valence-electron chi connectivity index (χ3n) is 4.42. The molecule has 2 aromatic carbocycles. The molecule has 2 amide bonds. The van der Waals surface area contributed by atoms with Crippen molar-refractivity contribution < 1.29 is 18.0 Å². The highest BCUT2D eigenvalue weighted by molar-refractivity contribution is 9.10. The molecule has 1 heterocycles. The predicted octanol–water partition coefficient (Wildman–Crippen LogP) is 4.38. The van der Waals surface area contributed by atoms with E-state index in [9.17, 15) is 18.0 Å². The lowest BCUT2D eigenvalue weighted by Crippen LogP contribution is -2.18. The average Bonchev–Trinajstić information content (AvgIpc) is 2.78. The Labute approximate surface area is 182 Å². The van der Waals surface area contributed by atoms with Gasteiger partial charge in [0.25, 0.3) is 0 Å².